The summed E-state index contributed by atoms with van der Waals surface area (Å²) >= 11 is 6.36. The molecule has 0 heterocycles. The van der Waals surface area contributed by atoms with E-state index in [1.807, 2.05) is 6.07 Å². The van der Waals surface area contributed by atoms with Crippen LogP contribution in [0, 0.1) is 0 Å². The number of benzene rings is 1. The van der Waals surface area contributed by atoms with Gasteiger partial charge in [-0.15, -0.1) is 0 Å². The molecule has 1 aliphatic carbocycles. The number of ether oxygens (including phenoxy) is 2. The van der Waals surface area contributed by atoms with E-state index in [1.165, 1.54) is 30.4 Å². The molecule has 2 rings (SSSR count). The highest BCUT2D eigenvalue weighted by Crippen LogP contribution is 2.32. The fraction of sp³-hybridized carbons (Fsp3) is 0.647. The second-order valence-corrected chi connectivity index (χ2v) is 6.14. The van der Waals surface area contributed by atoms with Crippen LogP contribution in [0.1, 0.15) is 43.2 Å². The van der Waals surface area contributed by atoms with Gasteiger partial charge in [-0.2, -0.15) is 0 Å². The van der Waals surface area contributed by atoms with Gasteiger partial charge in [-0.1, -0.05) is 24.1 Å². The molecule has 1 aromatic rings. The maximum absolute atomic E-state index is 6.36. The maximum Gasteiger partial charge on any atom is 0.140 e. The topological polar surface area (TPSA) is 30.5 Å². The number of rotatable bonds is 10. The van der Waals surface area contributed by atoms with E-state index in [4.69, 9.17) is 21.1 Å². The Bertz CT molecular complexity index is 447. The Morgan fingerprint density at radius 1 is 1.19 bits per heavy atom. The summed E-state index contributed by atoms with van der Waals surface area (Å²) in [5.41, 5.74) is 2.47. The molecule has 1 saturated carbocycles. The predicted octanol–water partition coefficient (Wildman–Crippen LogP) is 3.96. The highest BCUT2D eigenvalue weighted by Gasteiger charge is 2.20. The molecule has 0 unspecified atom stereocenters. The monoisotopic (exact) mass is 311 g/mol. The molecular formula is C17H26ClNO2. The van der Waals surface area contributed by atoms with E-state index in [1.54, 1.807) is 14.2 Å². The van der Waals surface area contributed by atoms with E-state index in [-0.39, 0.29) is 0 Å². The first kappa shape index (κ1) is 16.6. The molecule has 3 nitrogen and oxygen atoms in total. The molecule has 0 atom stereocenters. The lowest BCUT2D eigenvalue weighted by atomic mass is 10.0. The van der Waals surface area contributed by atoms with E-state index < -0.39 is 0 Å². The van der Waals surface area contributed by atoms with Gasteiger partial charge in [0.25, 0.3) is 0 Å². The number of methoxy groups -OCH3 is 2. The summed E-state index contributed by atoms with van der Waals surface area (Å²) in [6.45, 7) is 1.73. The van der Waals surface area contributed by atoms with Crippen molar-refractivity contribution in [3.8, 4) is 5.75 Å². The molecule has 0 radical (unpaired) electrons. The summed E-state index contributed by atoms with van der Waals surface area (Å²) in [7, 11) is 3.44. The van der Waals surface area contributed by atoms with E-state index >= 15 is 0 Å². The molecule has 0 amide bonds. The zero-order chi connectivity index (χ0) is 15.1. The van der Waals surface area contributed by atoms with Crippen molar-refractivity contribution < 1.29 is 9.47 Å². The fourth-order valence-electron chi connectivity index (χ4n) is 2.52. The van der Waals surface area contributed by atoms with Gasteiger partial charge in [-0.25, -0.2) is 0 Å². The number of hydrogen-bond donors (Lipinski definition) is 1. The lowest BCUT2D eigenvalue weighted by Gasteiger charge is -2.13. The van der Waals surface area contributed by atoms with Crippen molar-refractivity contribution in [2.24, 2.45) is 0 Å². The number of halogens is 1. The zero-order valence-electron chi connectivity index (χ0n) is 13.1. The van der Waals surface area contributed by atoms with Gasteiger partial charge in [-0.3, -0.25) is 0 Å². The third-order valence-electron chi connectivity index (χ3n) is 3.85. The average molecular weight is 312 g/mol. The largest absolute Gasteiger partial charge is 0.495 e. The van der Waals surface area contributed by atoms with Gasteiger partial charge in [0, 0.05) is 26.3 Å². The predicted molar refractivity (Wildman–Crippen MR) is 87.3 cm³/mol. The van der Waals surface area contributed by atoms with Crippen LogP contribution in [0.25, 0.3) is 0 Å². The SMILES string of the molecule is COCCCCCc1cc(CNC2CC2)cc(Cl)c1OC. The van der Waals surface area contributed by atoms with Crippen LogP contribution >= 0.6 is 11.6 Å². The second-order valence-electron chi connectivity index (χ2n) is 5.73. The summed E-state index contributed by atoms with van der Waals surface area (Å²) in [6.07, 6.45) is 7.01. The fourth-order valence-corrected chi connectivity index (χ4v) is 2.86. The molecule has 0 aromatic heterocycles. The van der Waals surface area contributed by atoms with Gasteiger partial charge in [0.2, 0.25) is 0 Å². The Balaban J connectivity index is 1.94. The van der Waals surface area contributed by atoms with Crippen molar-refractivity contribution in [1.29, 1.82) is 0 Å². The van der Waals surface area contributed by atoms with Crippen molar-refractivity contribution in [2.75, 3.05) is 20.8 Å². The van der Waals surface area contributed by atoms with Gasteiger partial charge >= 0.3 is 0 Å². The molecule has 1 fully saturated rings. The van der Waals surface area contributed by atoms with Crippen LogP contribution in [0.3, 0.4) is 0 Å². The summed E-state index contributed by atoms with van der Waals surface area (Å²) in [6, 6.07) is 4.96. The maximum atomic E-state index is 6.36. The van der Waals surface area contributed by atoms with Crippen molar-refractivity contribution in [3.63, 3.8) is 0 Å². The number of unbranched alkanes of at least 4 members (excludes halogenated alkanes) is 2. The molecule has 0 saturated heterocycles. The number of nitrogens with one attached hydrogen (secondary N) is 1. The van der Waals surface area contributed by atoms with E-state index in [0.29, 0.717) is 6.04 Å². The Labute approximate surface area is 133 Å². The Morgan fingerprint density at radius 3 is 2.67 bits per heavy atom. The molecule has 0 aliphatic heterocycles. The summed E-state index contributed by atoms with van der Waals surface area (Å²) in [5, 5.41) is 4.25. The summed E-state index contributed by atoms with van der Waals surface area (Å²) < 4.78 is 10.6. The third-order valence-corrected chi connectivity index (χ3v) is 4.13. The van der Waals surface area contributed by atoms with Gasteiger partial charge in [0.15, 0.2) is 0 Å². The molecule has 4 heteroatoms. The van der Waals surface area contributed by atoms with Crippen molar-refractivity contribution in [2.45, 2.75) is 51.1 Å². The molecule has 1 N–H and O–H groups in total. The van der Waals surface area contributed by atoms with E-state index in [2.05, 4.69) is 11.4 Å². The number of aryl methyl sites for hydroxylation is 1. The minimum atomic E-state index is 0.711. The molecular weight excluding hydrogens is 286 g/mol. The van der Waals surface area contributed by atoms with Crippen LogP contribution in [0.5, 0.6) is 5.75 Å². The van der Waals surface area contributed by atoms with Crippen LogP contribution < -0.4 is 10.1 Å². The first-order valence-corrected chi connectivity index (χ1v) is 8.20. The molecule has 118 valence electrons. The highest BCUT2D eigenvalue weighted by molar-refractivity contribution is 6.32. The molecule has 0 bridgehead atoms. The van der Waals surface area contributed by atoms with Crippen LogP contribution in [0.15, 0.2) is 12.1 Å². The average Bonchev–Trinajstić information content (AvgIpc) is 3.29. The highest BCUT2D eigenvalue weighted by atomic mass is 35.5. The smallest absolute Gasteiger partial charge is 0.140 e. The molecule has 1 aliphatic rings. The minimum Gasteiger partial charge on any atom is -0.495 e. The molecule has 0 spiro atoms. The van der Waals surface area contributed by atoms with Crippen molar-refractivity contribution >= 4 is 11.6 Å². The summed E-state index contributed by atoms with van der Waals surface area (Å²) in [5.74, 6) is 0.832. The normalized spacial score (nSPS) is 14.4. The second kappa shape index (κ2) is 8.62. The van der Waals surface area contributed by atoms with Crippen molar-refractivity contribution in [3.05, 3.63) is 28.3 Å². The Kier molecular flexibility index (Phi) is 6.81. The first-order chi connectivity index (χ1) is 10.2. The minimum absolute atomic E-state index is 0.711. The quantitative estimate of drug-likeness (QED) is 0.663. The van der Waals surface area contributed by atoms with Gasteiger partial charge in [0.1, 0.15) is 5.75 Å². The van der Waals surface area contributed by atoms with Gasteiger partial charge < -0.3 is 14.8 Å². The lowest BCUT2D eigenvalue weighted by Crippen LogP contribution is -2.15. The Morgan fingerprint density at radius 2 is 2.00 bits per heavy atom. The van der Waals surface area contributed by atoms with Gasteiger partial charge in [-0.05, 0) is 49.3 Å². The third kappa shape index (κ3) is 5.50. The van der Waals surface area contributed by atoms with Crippen LogP contribution in [0.4, 0.5) is 0 Å². The lowest BCUT2D eigenvalue weighted by molar-refractivity contribution is 0.192. The first-order valence-electron chi connectivity index (χ1n) is 7.82. The molecule has 21 heavy (non-hydrogen) atoms. The van der Waals surface area contributed by atoms with E-state index in [9.17, 15) is 0 Å². The van der Waals surface area contributed by atoms with Crippen LogP contribution in [-0.2, 0) is 17.7 Å². The van der Waals surface area contributed by atoms with Crippen molar-refractivity contribution in [1.82, 2.24) is 5.32 Å². The Hall–Kier alpha value is -0.770. The zero-order valence-corrected chi connectivity index (χ0v) is 13.8. The standard InChI is InChI=1S/C17H26ClNO2/c1-20-9-5-3-4-6-14-10-13(12-19-15-7-8-15)11-16(18)17(14)21-2/h10-11,15,19H,3-9,12H2,1-2H3. The number of hydrogen-bond acceptors (Lipinski definition) is 3. The molecule has 1 aromatic carbocycles. The van der Waals surface area contributed by atoms with Gasteiger partial charge in [0.05, 0.1) is 12.1 Å². The van der Waals surface area contributed by atoms with Crippen LogP contribution in [-0.4, -0.2) is 26.9 Å². The van der Waals surface area contributed by atoms with E-state index in [0.717, 1.165) is 43.2 Å². The van der Waals surface area contributed by atoms with Crippen LogP contribution in [0.2, 0.25) is 5.02 Å². The summed E-state index contributed by atoms with van der Waals surface area (Å²) in [4.78, 5) is 0.